The summed E-state index contributed by atoms with van der Waals surface area (Å²) in [6, 6.07) is 5.79. The summed E-state index contributed by atoms with van der Waals surface area (Å²) >= 11 is 0. The van der Waals surface area contributed by atoms with E-state index in [2.05, 4.69) is 15.6 Å². The number of alkyl halides is 3. The zero-order chi connectivity index (χ0) is 18.2. The van der Waals surface area contributed by atoms with Crippen molar-refractivity contribution >= 4 is 16.8 Å². The van der Waals surface area contributed by atoms with Crippen molar-refractivity contribution < 1.29 is 18.0 Å². The normalized spacial score (nSPS) is 24.3. The molecule has 4 nitrogen and oxygen atoms in total. The minimum atomic E-state index is -4.48. The molecule has 0 aliphatic carbocycles. The Morgan fingerprint density at radius 1 is 1.36 bits per heavy atom. The lowest BCUT2D eigenvalue weighted by atomic mass is 9.77. The second-order valence-corrected chi connectivity index (χ2v) is 6.76. The number of hydrogen-bond acceptors (Lipinski definition) is 3. The lowest BCUT2D eigenvalue weighted by molar-refractivity contribution is -0.136. The Bertz CT molecular complexity index is 806. The van der Waals surface area contributed by atoms with Crippen LogP contribution in [-0.2, 0) is 16.5 Å². The quantitative estimate of drug-likeness (QED) is 0.874. The van der Waals surface area contributed by atoms with E-state index in [0.717, 1.165) is 12.6 Å². The number of hydrogen-bond donors (Lipinski definition) is 2. The number of amides is 1. The molecular formula is C18H20F3N3O. The molecule has 2 atom stereocenters. The highest BCUT2D eigenvalue weighted by atomic mass is 19.4. The molecule has 1 fully saturated rings. The fraction of sp³-hybridized carbons (Fsp3) is 0.444. The zero-order valence-electron chi connectivity index (χ0n) is 14.1. The number of nitrogens with zero attached hydrogens (tertiary/aromatic N) is 1. The Morgan fingerprint density at radius 3 is 2.76 bits per heavy atom. The first-order valence-corrected chi connectivity index (χ1v) is 8.18. The van der Waals surface area contributed by atoms with Crippen LogP contribution in [0.25, 0.3) is 10.9 Å². The maximum absolute atomic E-state index is 13.3. The maximum Gasteiger partial charge on any atom is 0.418 e. The monoisotopic (exact) mass is 351 g/mol. The Balaban J connectivity index is 2.24. The van der Waals surface area contributed by atoms with E-state index >= 15 is 0 Å². The van der Waals surface area contributed by atoms with Crippen molar-refractivity contribution in [3.63, 3.8) is 0 Å². The molecule has 2 heterocycles. The number of aromatic nitrogens is 1. The van der Waals surface area contributed by atoms with Crippen LogP contribution in [0.15, 0.2) is 30.5 Å². The number of piperidine rings is 1. The predicted octanol–water partition coefficient (Wildman–Crippen LogP) is 3.21. The summed E-state index contributed by atoms with van der Waals surface area (Å²) < 4.78 is 40.0. The van der Waals surface area contributed by atoms with Crippen molar-refractivity contribution in [2.24, 2.45) is 5.92 Å². The number of nitrogens with one attached hydrogen (secondary N) is 2. The number of carbonyl (C=O) groups is 1. The van der Waals surface area contributed by atoms with Crippen molar-refractivity contribution in [1.29, 1.82) is 0 Å². The molecule has 0 bridgehead atoms. The van der Waals surface area contributed by atoms with E-state index < -0.39 is 17.3 Å². The van der Waals surface area contributed by atoms with Gasteiger partial charge in [-0.25, -0.2) is 0 Å². The third-order valence-corrected chi connectivity index (χ3v) is 4.62. The number of halogens is 3. The SMILES string of the molecule is CC(=O)N[C@]1(c2ccc(C(F)(F)F)c3ncccc23)CNC[C@@H](C)C1. The standard InChI is InChI=1S/C18H20F3N3O/c1-11-8-17(10-22-9-11,24-12(2)25)14-5-6-15(18(19,20)21)16-13(14)4-3-7-23-16/h3-7,11,22H,8-10H2,1-2H3,(H,24,25)/t11-,17-/m0/s1. The van der Waals surface area contributed by atoms with Gasteiger partial charge in [-0.05, 0) is 36.6 Å². The molecule has 1 saturated heterocycles. The summed E-state index contributed by atoms with van der Waals surface area (Å²) in [7, 11) is 0. The van der Waals surface area contributed by atoms with Gasteiger partial charge in [0, 0.05) is 25.1 Å². The summed E-state index contributed by atoms with van der Waals surface area (Å²) in [6.07, 6.45) is -2.48. The van der Waals surface area contributed by atoms with Crippen molar-refractivity contribution in [3.05, 3.63) is 41.6 Å². The van der Waals surface area contributed by atoms with E-state index in [4.69, 9.17) is 0 Å². The Kier molecular flexibility index (Phi) is 4.45. The molecular weight excluding hydrogens is 331 g/mol. The highest BCUT2D eigenvalue weighted by Gasteiger charge is 2.40. The van der Waals surface area contributed by atoms with Crippen LogP contribution in [-0.4, -0.2) is 24.0 Å². The first kappa shape index (κ1) is 17.7. The summed E-state index contributed by atoms with van der Waals surface area (Å²) in [4.78, 5) is 15.8. The van der Waals surface area contributed by atoms with Crippen molar-refractivity contribution in [2.75, 3.05) is 13.1 Å². The number of carbonyl (C=O) groups excluding carboxylic acids is 1. The molecule has 0 radical (unpaired) electrons. The van der Waals surface area contributed by atoms with Gasteiger partial charge in [0.05, 0.1) is 16.6 Å². The summed E-state index contributed by atoms with van der Waals surface area (Å²) in [5.74, 6) is 0.0578. The first-order valence-electron chi connectivity index (χ1n) is 8.18. The van der Waals surface area contributed by atoms with E-state index in [0.29, 0.717) is 23.9 Å². The van der Waals surface area contributed by atoms with Crippen LogP contribution in [0.3, 0.4) is 0 Å². The predicted molar refractivity (Wildman–Crippen MR) is 88.9 cm³/mol. The molecule has 1 aromatic heterocycles. The second-order valence-electron chi connectivity index (χ2n) is 6.76. The van der Waals surface area contributed by atoms with E-state index in [1.54, 1.807) is 12.1 Å². The Morgan fingerprint density at radius 2 is 2.12 bits per heavy atom. The molecule has 2 N–H and O–H groups in total. The summed E-state index contributed by atoms with van der Waals surface area (Å²) in [5.41, 5.74) is -0.940. The third kappa shape index (κ3) is 3.33. The summed E-state index contributed by atoms with van der Waals surface area (Å²) in [5, 5.41) is 6.68. The molecule has 1 amide bonds. The van der Waals surface area contributed by atoms with E-state index in [9.17, 15) is 18.0 Å². The third-order valence-electron chi connectivity index (χ3n) is 4.62. The van der Waals surface area contributed by atoms with E-state index in [1.807, 2.05) is 6.92 Å². The van der Waals surface area contributed by atoms with Crippen LogP contribution in [0, 0.1) is 5.92 Å². The molecule has 1 aliphatic rings. The average Bonchev–Trinajstić information content (AvgIpc) is 2.52. The van der Waals surface area contributed by atoms with Crippen molar-refractivity contribution in [2.45, 2.75) is 32.0 Å². The lowest BCUT2D eigenvalue weighted by Gasteiger charge is -2.42. The first-order chi connectivity index (χ1) is 11.7. The molecule has 7 heteroatoms. The van der Waals surface area contributed by atoms with Gasteiger partial charge in [0.1, 0.15) is 0 Å². The summed E-state index contributed by atoms with van der Waals surface area (Å²) in [6.45, 7) is 4.74. The van der Waals surface area contributed by atoms with Crippen LogP contribution in [0.4, 0.5) is 13.2 Å². The Hall–Kier alpha value is -2.15. The van der Waals surface area contributed by atoms with Gasteiger partial charge in [-0.3, -0.25) is 9.78 Å². The van der Waals surface area contributed by atoms with Crippen LogP contribution in [0.1, 0.15) is 31.4 Å². The van der Waals surface area contributed by atoms with E-state index in [-0.39, 0.29) is 17.3 Å². The molecule has 1 aromatic carbocycles. The molecule has 0 unspecified atom stereocenters. The van der Waals surface area contributed by atoms with Gasteiger partial charge in [-0.2, -0.15) is 13.2 Å². The minimum absolute atomic E-state index is 0.0875. The minimum Gasteiger partial charge on any atom is -0.345 e. The lowest BCUT2D eigenvalue weighted by Crippen LogP contribution is -2.56. The number of rotatable bonds is 2. The van der Waals surface area contributed by atoms with Gasteiger partial charge in [0.25, 0.3) is 0 Å². The average molecular weight is 351 g/mol. The van der Waals surface area contributed by atoms with Crippen LogP contribution in [0.2, 0.25) is 0 Å². The number of fused-ring (bicyclic) bond motifs is 1. The highest BCUT2D eigenvalue weighted by Crippen LogP contribution is 2.40. The van der Waals surface area contributed by atoms with Gasteiger partial charge >= 0.3 is 6.18 Å². The molecule has 134 valence electrons. The van der Waals surface area contributed by atoms with E-state index in [1.165, 1.54) is 19.2 Å². The highest BCUT2D eigenvalue weighted by molar-refractivity contribution is 5.87. The van der Waals surface area contributed by atoms with Crippen molar-refractivity contribution in [3.8, 4) is 0 Å². The fourth-order valence-electron chi connectivity index (χ4n) is 3.79. The van der Waals surface area contributed by atoms with Crippen LogP contribution >= 0.6 is 0 Å². The zero-order valence-corrected chi connectivity index (χ0v) is 14.1. The molecule has 0 saturated carbocycles. The second kappa shape index (κ2) is 6.29. The van der Waals surface area contributed by atoms with Crippen LogP contribution < -0.4 is 10.6 Å². The smallest absolute Gasteiger partial charge is 0.345 e. The Labute approximate surface area is 143 Å². The van der Waals surface area contributed by atoms with Gasteiger partial charge in [0.2, 0.25) is 5.91 Å². The van der Waals surface area contributed by atoms with Gasteiger partial charge in [-0.15, -0.1) is 0 Å². The van der Waals surface area contributed by atoms with Crippen molar-refractivity contribution in [1.82, 2.24) is 15.6 Å². The van der Waals surface area contributed by atoms with Crippen LogP contribution in [0.5, 0.6) is 0 Å². The topological polar surface area (TPSA) is 54.0 Å². The molecule has 1 aliphatic heterocycles. The molecule has 25 heavy (non-hydrogen) atoms. The van der Waals surface area contributed by atoms with Gasteiger partial charge < -0.3 is 10.6 Å². The molecule has 3 rings (SSSR count). The maximum atomic E-state index is 13.3. The van der Waals surface area contributed by atoms with Gasteiger partial charge in [-0.1, -0.05) is 19.1 Å². The molecule has 0 spiro atoms. The number of pyridine rings is 1. The largest absolute Gasteiger partial charge is 0.418 e. The molecule has 2 aromatic rings. The fourth-order valence-corrected chi connectivity index (χ4v) is 3.79. The van der Waals surface area contributed by atoms with Gasteiger partial charge in [0.15, 0.2) is 0 Å². The number of benzene rings is 1.